The molecule has 0 saturated carbocycles. The Labute approximate surface area is 100 Å². The second-order valence-electron chi connectivity index (χ2n) is 4.42. The number of benzene rings is 1. The summed E-state index contributed by atoms with van der Waals surface area (Å²) in [6, 6.07) is 10.1. The number of rotatable bonds is 1. The zero-order chi connectivity index (χ0) is 11.8. The summed E-state index contributed by atoms with van der Waals surface area (Å²) in [5.41, 5.74) is 10.2. The van der Waals surface area contributed by atoms with Gasteiger partial charge in [0.15, 0.2) is 5.82 Å². The predicted molar refractivity (Wildman–Crippen MR) is 67.5 cm³/mol. The molecule has 0 aliphatic carbocycles. The Morgan fingerprint density at radius 3 is 2.65 bits per heavy atom. The quantitative estimate of drug-likeness (QED) is 0.754. The molecule has 3 rings (SSSR count). The zero-order valence-corrected chi connectivity index (χ0v) is 9.72. The van der Waals surface area contributed by atoms with Gasteiger partial charge in [-0.3, -0.25) is 0 Å². The fourth-order valence-corrected chi connectivity index (χ4v) is 2.14. The van der Waals surface area contributed by atoms with E-state index in [1.54, 1.807) is 0 Å². The molecule has 2 N–H and O–H groups in total. The Morgan fingerprint density at radius 2 is 1.88 bits per heavy atom. The lowest BCUT2D eigenvalue weighted by Crippen LogP contribution is -2.16. The Balaban J connectivity index is 1.88. The largest absolute Gasteiger partial charge is 0.399 e. The molecule has 86 valence electrons. The number of fused-ring (bicyclic) bond motifs is 1. The van der Waals surface area contributed by atoms with Crippen LogP contribution in [0.5, 0.6) is 0 Å². The van der Waals surface area contributed by atoms with Gasteiger partial charge in [0.1, 0.15) is 0 Å². The van der Waals surface area contributed by atoms with Crippen LogP contribution in [0.4, 0.5) is 11.5 Å². The van der Waals surface area contributed by atoms with Gasteiger partial charge in [0.25, 0.3) is 0 Å². The summed E-state index contributed by atoms with van der Waals surface area (Å²) in [5.74, 6) is 0.922. The fourth-order valence-electron chi connectivity index (χ4n) is 2.14. The number of hydrogen-bond donors (Lipinski definition) is 1. The van der Waals surface area contributed by atoms with E-state index < -0.39 is 0 Å². The Morgan fingerprint density at radius 1 is 1.06 bits per heavy atom. The third kappa shape index (κ3) is 1.82. The van der Waals surface area contributed by atoms with Gasteiger partial charge in [-0.15, -0.1) is 5.10 Å². The first-order valence-corrected chi connectivity index (χ1v) is 5.65. The van der Waals surface area contributed by atoms with E-state index in [1.807, 2.05) is 31.2 Å². The molecular weight excluding hydrogens is 212 g/mol. The minimum atomic E-state index is 0.820. The van der Waals surface area contributed by atoms with Gasteiger partial charge in [-0.25, -0.2) is 0 Å². The number of aryl methyl sites for hydroxylation is 1. The van der Waals surface area contributed by atoms with Gasteiger partial charge in [-0.05, 0) is 42.3 Å². The molecule has 0 fully saturated rings. The molecule has 2 heterocycles. The molecule has 4 heteroatoms. The zero-order valence-electron chi connectivity index (χ0n) is 9.72. The first kappa shape index (κ1) is 10.1. The maximum absolute atomic E-state index is 5.79. The standard InChI is InChI=1S/C13H14N4/c1-9-2-5-13(16-15-9)17-7-10-3-4-12(14)6-11(10)8-17/h2-6H,7-8,14H2,1H3. The van der Waals surface area contributed by atoms with Crippen LogP contribution in [-0.2, 0) is 13.1 Å². The number of nitrogens with zero attached hydrogens (tertiary/aromatic N) is 3. The third-order valence-electron chi connectivity index (χ3n) is 3.06. The van der Waals surface area contributed by atoms with E-state index in [2.05, 4.69) is 21.2 Å². The molecule has 0 amide bonds. The van der Waals surface area contributed by atoms with Crippen molar-refractivity contribution >= 4 is 11.5 Å². The first-order valence-electron chi connectivity index (χ1n) is 5.65. The molecule has 1 aromatic heterocycles. The van der Waals surface area contributed by atoms with Crippen LogP contribution >= 0.6 is 0 Å². The SMILES string of the molecule is Cc1ccc(N2Cc3ccc(N)cc3C2)nn1. The van der Waals surface area contributed by atoms with Crippen molar-refractivity contribution in [3.63, 3.8) is 0 Å². The maximum atomic E-state index is 5.79. The molecule has 4 nitrogen and oxygen atoms in total. The Bertz CT molecular complexity index is 548. The summed E-state index contributed by atoms with van der Waals surface area (Å²) >= 11 is 0. The van der Waals surface area contributed by atoms with E-state index in [0.717, 1.165) is 30.3 Å². The normalized spacial score (nSPS) is 13.8. The molecule has 0 bridgehead atoms. The summed E-state index contributed by atoms with van der Waals surface area (Å²) in [6.07, 6.45) is 0. The molecule has 0 radical (unpaired) electrons. The second-order valence-corrected chi connectivity index (χ2v) is 4.42. The summed E-state index contributed by atoms with van der Waals surface area (Å²) in [5, 5.41) is 8.30. The third-order valence-corrected chi connectivity index (χ3v) is 3.06. The molecule has 1 aliphatic rings. The Kier molecular flexibility index (Phi) is 2.21. The molecule has 0 spiro atoms. The first-order chi connectivity index (χ1) is 8.22. The highest BCUT2D eigenvalue weighted by Gasteiger charge is 2.20. The molecule has 0 saturated heterocycles. The van der Waals surface area contributed by atoms with E-state index in [-0.39, 0.29) is 0 Å². The van der Waals surface area contributed by atoms with Gasteiger partial charge in [-0.2, -0.15) is 5.10 Å². The number of anilines is 2. The lowest BCUT2D eigenvalue weighted by Gasteiger charge is -2.15. The average molecular weight is 226 g/mol. The van der Waals surface area contributed by atoms with Crippen molar-refractivity contribution in [3.8, 4) is 0 Å². The maximum Gasteiger partial charge on any atom is 0.151 e. The predicted octanol–water partition coefficient (Wildman–Crippen LogP) is 1.89. The van der Waals surface area contributed by atoms with Crippen molar-refractivity contribution in [2.24, 2.45) is 0 Å². The van der Waals surface area contributed by atoms with Gasteiger partial charge in [-0.1, -0.05) is 6.07 Å². The lowest BCUT2D eigenvalue weighted by molar-refractivity contribution is 0.824. The molecule has 0 atom stereocenters. The number of aromatic nitrogens is 2. The van der Waals surface area contributed by atoms with Crippen LogP contribution in [0.1, 0.15) is 16.8 Å². The van der Waals surface area contributed by atoms with Gasteiger partial charge >= 0.3 is 0 Å². The van der Waals surface area contributed by atoms with Crippen molar-refractivity contribution in [1.29, 1.82) is 0 Å². The summed E-state index contributed by atoms with van der Waals surface area (Å²) in [4.78, 5) is 2.20. The van der Waals surface area contributed by atoms with Gasteiger partial charge in [0.05, 0.1) is 5.69 Å². The minimum absolute atomic E-state index is 0.820. The second kappa shape index (κ2) is 3.73. The highest BCUT2D eigenvalue weighted by Crippen LogP contribution is 2.27. The van der Waals surface area contributed by atoms with E-state index in [4.69, 9.17) is 5.73 Å². The van der Waals surface area contributed by atoms with Gasteiger partial charge in [0, 0.05) is 18.8 Å². The van der Waals surface area contributed by atoms with Crippen molar-refractivity contribution in [3.05, 3.63) is 47.2 Å². The molecule has 0 unspecified atom stereocenters. The van der Waals surface area contributed by atoms with Crippen molar-refractivity contribution in [1.82, 2.24) is 10.2 Å². The Hall–Kier alpha value is -2.10. The molecule has 1 aromatic carbocycles. The molecule has 2 aromatic rings. The van der Waals surface area contributed by atoms with Crippen LogP contribution in [0, 0.1) is 6.92 Å². The van der Waals surface area contributed by atoms with Crippen molar-refractivity contribution < 1.29 is 0 Å². The number of hydrogen-bond acceptors (Lipinski definition) is 4. The number of nitrogens with two attached hydrogens (primary N) is 1. The van der Waals surface area contributed by atoms with Crippen LogP contribution in [0.2, 0.25) is 0 Å². The van der Waals surface area contributed by atoms with E-state index in [1.165, 1.54) is 11.1 Å². The molecular formula is C13H14N4. The average Bonchev–Trinajstić information content (AvgIpc) is 2.72. The van der Waals surface area contributed by atoms with Crippen LogP contribution in [0.3, 0.4) is 0 Å². The lowest BCUT2D eigenvalue weighted by atomic mass is 10.1. The summed E-state index contributed by atoms with van der Waals surface area (Å²) in [6.45, 7) is 3.68. The molecule has 1 aliphatic heterocycles. The van der Waals surface area contributed by atoms with Crippen LogP contribution in [0.15, 0.2) is 30.3 Å². The van der Waals surface area contributed by atoms with Crippen LogP contribution in [-0.4, -0.2) is 10.2 Å². The van der Waals surface area contributed by atoms with Gasteiger partial charge in [0.2, 0.25) is 0 Å². The van der Waals surface area contributed by atoms with Crippen molar-refractivity contribution in [2.45, 2.75) is 20.0 Å². The summed E-state index contributed by atoms with van der Waals surface area (Å²) < 4.78 is 0. The van der Waals surface area contributed by atoms with E-state index in [0.29, 0.717) is 0 Å². The molecule has 17 heavy (non-hydrogen) atoms. The fraction of sp³-hybridized carbons (Fsp3) is 0.231. The highest BCUT2D eigenvalue weighted by molar-refractivity contribution is 5.52. The van der Waals surface area contributed by atoms with Crippen LogP contribution in [0.25, 0.3) is 0 Å². The topological polar surface area (TPSA) is 55.0 Å². The summed E-state index contributed by atoms with van der Waals surface area (Å²) in [7, 11) is 0. The number of nitrogen functional groups attached to an aromatic ring is 1. The van der Waals surface area contributed by atoms with Crippen molar-refractivity contribution in [2.75, 3.05) is 10.6 Å². The minimum Gasteiger partial charge on any atom is -0.399 e. The van der Waals surface area contributed by atoms with Gasteiger partial charge < -0.3 is 10.6 Å². The van der Waals surface area contributed by atoms with E-state index >= 15 is 0 Å². The smallest absolute Gasteiger partial charge is 0.151 e. The van der Waals surface area contributed by atoms with Crippen LogP contribution < -0.4 is 10.6 Å². The highest BCUT2D eigenvalue weighted by atomic mass is 15.3. The monoisotopic (exact) mass is 226 g/mol. The van der Waals surface area contributed by atoms with E-state index in [9.17, 15) is 0 Å².